The van der Waals surface area contributed by atoms with E-state index in [1.807, 2.05) is 0 Å². The highest BCUT2D eigenvalue weighted by atomic mass is 16.6. The van der Waals surface area contributed by atoms with Gasteiger partial charge in [0.15, 0.2) is 6.10 Å². The van der Waals surface area contributed by atoms with E-state index in [0.29, 0.717) is 19.3 Å². The number of esters is 3. The van der Waals surface area contributed by atoms with Gasteiger partial charge in [-0.15, -0.1) is 0 Å². The molecule has 0 amide bonds. The van der Waals surface area contributed by atoms with Crippen LogP contribution in [-0.4, -0.2) is 37.2 Å². The molecule has 0 spiro atoms. The van der Waals surface area contributed by atoms with Gasteiger partial charge in [0, 0.05) is 19.3 Å². The second-order valence-electron chi connectivity index (χ2n) is 22.7. The zero-order valence-corrected chi connectivity index (χ0v) is 52.4. The van der Waals surface area contributed by atoms with Crippen molar-refractivity contribution in [1.29, 1.82) is 0 Å². The first-order valence-corrected chi connectivity index (χ1v) is 34.1. The second kappa shape index (κ2) is 67.1. The first-order valence-electron chi connectivity index (χ1n) is 34.1. The first-order chi connectivity index (χ1) is 39.0. The Balaban J connectivity index is 4.31. The summed E-state index contributed by atoms with van der Waals surface area (Å²) in [5.74, 6) is -0.866. The smallest absolute Gasteiger partial charge is 0.306 e. The Morgan fingerprint density at radius 2 is 0.494 bits per heavy atom. The Morgan fingerprint density at radius 3 is 0.772 bits per heavy atom. The highest BCUT2D eigenvalue weighted by Crippen LogP contribution is 2.17. The fourth-order valence-electron chi connectivity index (χ4n) is 9.84. The quantitative estimate of drug-likeness (QED) is 0.0261. The molecule has 0 aromatic heterocycles. The third-order valence-corrected chi connectivity index (χ3v) is 14.9. The van der Waals surface area contributed by atoms with Crippen molar-refractivity contribution in [3.05, 3.63) is 85.1 Å². The molecule has 0 aliphatic carbocycles. The van der Waals surface area contributed by atoms with Gasteiger partial charge in [0.1, 0.15) is 13.2 Å². The van der Waals surface area contributed by atoms with Gasteiger partial charge < -0.3 is 14.2 Å². The molecule has 0 aromatic carbocycles. The summed E-state index contributed by atoms with van der Waals surface area (Å²) in [4.78, 5) is 38.4. The number of carbonyl (C=O) groups is 3. The minimum atomic E-state index is -0.779. The summed E-state index contributed by atoms with van der Waals surface area (Å²) in [6.45, 7) is 6.57. The number of hydrogen-bond acceptors (Lipinski definition) is 6. The second-order valence-corrected chi connectivity index (χ2v) is 22.7. The highest BCUT2D eigenvalue weighted by Gasteiger charge is 2.19. The molecule has 0 radical (unpaired) electrons. The van der Waals surface area contributed by atoms with E-state index in [0.717, 1.165) is 109 Å². The normalized spacial score (nSPS) is 12.6. The van der Waals surface area contributed by atoms with Crippen molar-refractivity contribution < 1.29 is 28.6 Å². The van der Waals surface area contributed by atoms with Gasteiger partial charge in [-0.25, -0.2) is 0 Å². The third-order valence-electron chi connectivity index (χ3n) is 14.9. The molecule has 0 aliphatic rings. The van der Waals surface area contributed by atoms with Gasteiger partial charge in [0.25, 0.3) is 0 Å². The zero-order valence-electron chi connectivity index (χ0n) is 52.4. The SMILES string of the molecule is CC/C=C\C/C=C\C/C=C\C/C=C\C/C=C\C/C=C\C/C=C\CCCCCCCCCC(=O)OCC(COC(=O)CCCCCCCCCCCCCCCC)OC(=O)CCCCCCCCCCCCCCCCCCCC. The number of rotatable bonds is 62. The molecule has 0 bridgehead atoms. The molecule has 0 rings (SSSR count). The molecule has 0 saturated carbocycles. The topological polar surface area (TPSA) is 78.9 Å². The molecule has 79 heavy (non-hydrogen) atoms. The molecule has 6 nitrogen and oxygen atoms in total. The van der Waals surface area contributed by atoms with Crippen molar-refractivity contribution in [2.24, 2.45) is 0 Å². The van der Waals surface area contributed by atoms with E-state index >= 15 is 0 Å². The maximum absolute atomic E-state index is 12.9. The average molecular weight is 1100 g/mol. The van der Waals surface area contributed by atoms with Crippen LogP contribution in [0.1, 0.15) is 342 Å². The summed E-state index contributed by atoms with van der Waals surface area (Å²) in [6.07, 6.45) is 88.8. The molecule has 0 aliphatic heterocycles. The summed E-state index contributed by atoms with van der Waals surface area (Å²) in [5.41, 5.74) is 0. The van der Waals surface area contributed by atoms with Gasteiger partial charge in [-0.1, -0.05) is 331 Å². The molecule has 1 unspecified atom stereocenters. The van der Waals surface area contributed by atoms with Crippen LogP contribution in [0.15, 0.2) is 85.1 Å². The maximum atomic E-state index is 12.9. The lowest BCUT2D eigenvalue weighted by Gasteiger charge is -2.18. The fourth-order valence-corrected chi connectivity index (χ4v) is 9.84. The summed E-state index contributed by atoms with van der Waals surface area (Å²) in [5, 5.41) is 0. The van der Waals surface area contributed by atoms with E-state index in [-0.39, 0.29) is 31.1 Å². The van der Waals surface area contributed by atoms with Gasteiger partial charge in [0.05, 0.1) is 0 Å². The molecular weight excluding hydrogens is 973 g/mol. The molecule has 0 heterocycles. The van der Waals surface area contributed by atoms with Gasteiger partial charge in [0.2, 0.25) is 0 Å². The largest absolute Gasteiger partial charge is 0.462 e. The van der Waals surface area contributed by atoms with E-state index < -0.39 is 6.10 Å². The molecule has 0 fully saturated rings. The van der Waals surface area contributed by atoms with Gasteiger partial charge in [-0.3, -0.25) is 14.4 Å². The Hall–Kier alpha value is -3.41. The summed E-state index contributed by atoms with van der Waals surface area (Å²) in [6, 6.07) is 0. The Bertz CT molecular complexity index is 1500. The summed E-state index contributed by atoms with van der Waals surface area (Å²) >= 11 is 0. The lowest BCUT2D eigenvalue weighted by molar-refractivity contribution is -0.167. The Morgan fingerprint density at radius 1 is 0.266 bits per heavy atom. The predicted octanol–water partition coefficient (Wildman–Crippen LogP) is 23.4. The van der Waals surface area contributed by atoms with Crippen molar-refractivity contribution in [3.63, 3.8) is 0 Å². The molecule has 456 valence electrons. The van der Waals surface area contributed by atoms with Crippen LogP contribution in [0.2, 0.25) is 0 Å². The van der Waals surface area contributed by atoms with Crippen LogP contribution in [0.25, 0.3) is 0 Å². The minimum absolute atomic E-state index is 0.0746. The maximum Gasteiger partial charge on any atom is 0.306 e. The zero-order chi connectivity index (χ0) is 57.1. The van der Waals surface area contributed by atoms with Crippen LogP contribution < -0.4 is 0 Å². The first kappa shape index (κ1) is 75.6. The van der Waals surface area contributed by atoms with E-state index in [1.54, 1.807) is 0 Å². The predicted molar refractivity (Wildman–Crippen MR) is 344 cm³/mol. The monoisotopic (exact) mass is 1100 g/mol. The third kappa shape index (κ3) is 65.3. The van der Waals surface area contributed by atoms with E-state index in [4.69, 9.17) is 14.2 Å². The lowest BCUT2D eigenvalue weighted by Crippen LogP contribution is -2.30. The molecule has 0 saturated heterocycles. The van der Waals surface area contributed by atoms with Crippen LogP contribution in [-0.2, 0) is 28.6 Å². The number of ether oxygens (including phenoxy) is 3. The number of hydrogen-bond donors (Lipinski definition) is 0. The van der Waals surface area contributed by atoms with Crippen LogP contribution in [0.5, 0.6) is 0 Å². The number of allylic oxidation sites excluding steroid dienone is 14. The molecule has 0 N–H and O–H groups in total. The lowest BCUT2D eigenvalue weighted by atomic mass is 10.0. The van der Waals surface area contributed by atoms with Crippen LogP contribution in [0, 0.1) is 0 Å². The van der Waals surface area contributed by atoms with Crippen LogP contribution in [0.4, 0.5) is 0 Å². The van der Waals surface area contributed by atoms with Gasteiger partial charge >= 0.3 is 17.9 Å². The van der Waals surface area contributed by atoms with E-state index in [2.05, 4.69) is 106 Å². The molecule has 6 heteroatoms. The van der Waals surface area contributed by atoms with Crippen LogP contribution >= 0.6 is 0 Å². The molecule has 1 atom stereocenters. The summed E-state index contributed by atoms with van der Waals surface area (Å²) in [7, 11) is 0. The molecule has 0 aromatic rings. The van der Waals surface area contributed by atoms with E-state index in [1.165, 1.54) is 193 Å². The van der Waals surface area contributed by atoms with Crippen molar-refractivity contribution >= 4 is 17.9 Å². The van der Waals surface area contributed by atoms with Crippen molar-refractivity contribution in [3.8, 4) is 0 Å². The summed E-state index contributed by atoms with van der Waals surface area (Å²) < 4.78 is 17.0. The van der Waals surface area contributed by atoms with Gasteiger partial charge in [-0.05, 0) is 77.0 Å². The van der Waals surface area contributed by atoms with E-state index in [9.17, 15) is 14.4 Å². The minimum Gasteiger partial charge on any atom is -0.462 e. The van der Waals surface area contributed by atoms with Crippen molar-refractivity contribution in [1.82, 2.24) is 0 Å². The Labute approximate surface area is 490 Å². The Kier molecular flexibility index (Phi) is 64.2. The average Bonchev–Trinajstić information content (AvgIpc) is 3.45. The van der Waals surface area contributed by atoms with Crippen LogP contribution in [0.3, 0.4) is 0 Å². The van der Waals surface area contributed by atoms with Gasteiger partial charge in [-0.2, -0.15) is 0 Å². The molecular formula is C73H128O6. The standard InChI is InChI=1S/C73H128O6/c1-4-7-10-13-16-19-22-25-28-30-32-33-34-35-36-37-38-39-40-41-42-44-45-48-51-54-57-60-63-66-72(75)78-69-70(68-77-71(74)65-62-59-56-53-50-47-27-24-21-18-15-12-9-6-3)79-73(76)67-64-61-58-55-52-49-46-43-31-29-26-23-20-17-14-11-8-5-2/h7,10,16,19,25,28,32-33,35-36,38-39,41-42,70H,4-6,8-9,11-15,17-18,20-24,26-27,29-31,34,37,40,43-69H2,1-3H3/b10-7-,19-16-,28-25-,33-32-,36-35-,39-38-,42-41-. The van der Waals surface area contributed by atoms with Crippen molar-refractivity contribution in [2.45, 2.75) is 348 Å². The number of carbonyl (C=O) groups excluding carboxylic acids is 3. The van der Waals surface area contributed by atoms with Crippen molar-refractivity contribution in [2.75, 3.05) is 13.2 Å². The highest BCUT2D eigenvalue weighted by molar-refractivity contribution is 5.71. The fraction of sp³-hybridized carbons (Fsp3) is 0.767. The number of unbranched alkanes of at least 4 members (excludes halogenated alkanes) is 37.